The van der Waals surface area contributed by atoms with Crippen LogP contribution in [0.1, 0.15) is 23.6 Å². The van der Waals surface area contributed by atoms with Crippen molar-refractivity contribution >= 4 is 27.8 Å². The van der Waals surface area contributed by atoms with Crippen molar-refractivity contribution in [3.63, 3.8) is 0 Å². The van der Waals surface area contributed by atoms with E-state index < -0.39 is 0 Å². The zero-order chi connectivity index (χ0) is 36.8. The van der Waals surface area contributed by atoms with Crippen molar-refractivity contribution < 1.29 is 0 Å². The van der Waals surface area contributed by atoms with Crippen LogP contribution < -0.4 is 4.90 Å². The zero-order valence-corrected chi connectivity index (χ0v) is 30.7. The van der Waals surface area contributed by atoms with Crippen LogP contribution in [0.3, 0.4) is 0 Å². The fourth-order valence-electron chi connectivity index (χ4n) is 8.96. The summed E-state index contributed by atoms with van der Waals surface area (Å²) >= 11 is 0. The van der Waals surface area contributed by atoms with Crippen LogP contribution in [-0.2, 0) is 5.41 Å². The van der Waals surface area contributed by atoms with Crippen molar-refractivity contribution in [1.29, 1.82) is 0 Å². The molecule has 1 aliphatic rings. The van der Waals surface area contributed by atoms with Gasteiger partial charge in [-0.15, -0.1) is 0 Å². The average Bonchev–Trinajstić information content (AvgIpc) is 3.52. The minimum Gasteiger partial charge on any atom is -0.309 e. The van der Waals surface area contributed by atoms with Crippen LogP contribution in [0.2, 0.25) is 0 Å². The third kappa shape index (κ3) is 5.39. The summed E-state index contributed by atoms with van der Waals surface area (Å²) in [5.74, 6) is 0. The van der Waals surface area contributed by atoms with E-state index in [1.54, 1.807) is 0 Å². The smallest absolute Gasteiger partial charge is 0.0540 e. The molecule has 10 rings (SSSR count). The first-order valence-corrected chi connectivity index (χ1v) is 19.1. The van der Waals surface area contributed by atoms with E-state index in [0.717, 1.165) is 17.1 Å². The maximum Gasteiger partial charge on any atom is 0.0540 e. The van der Waals surface area contributed by atoms with Crippen LogP contribution in [0.15, 0.2) is 218 Å². The summed E-state index contributed by atoms with van der Waals surface area (Å²) in [6.45, 7) is 2.40. The van der Waals surface area contributed by atoms with Crippen LogP contribution >= 0.6 is 0 Å². The Morgan fingerprint density at radius 1 is 0.345 bits per heavy atom. The first-order valence-electron chi connectivity index (χ1n) is 19.1. The molecule has 0 fully saturated rings. The van der Waals surface area contributed by atoms with Crippen molar-refractivity contribution in [3.05, 3.63) is 235 Å². The van der Waals surface area contributed by atoms with E-state index in [4.69, 9.17) is 0 Å². The zero-order valence-electron chi connectivity index (χ0n) is 30.7. The molecule has 0 saturated carbocycles. The van der Waals surface area contributed by atoms with Gasteiger partial charge in [0.1, 0.15) is 0 Å². The molecule has 0 spiro atoms. The van der Waals surface area contributed by atoms with E-state index in [1.807, 2.05) is 0 Å². The third-order valence-electron chi connectivity index (χ3n) is 11.6. The first kappa shape index (κ1) is 32.7. The number of anilines is 3. The molecule has 260 valence electrons. The molecule has 0 radical (unpaired) electrons. The van der Waals surface area contributed by atoms with Gasteiger partial charge in [-0.1, -0.05) is 194 Å². The molecule has 1 atom stereocenters. The van der Waals surface area contributed by atoms with Gasteiger partial charge in [-0.2, -0.15) is 0 Å². The fraction of sp³-hybridized carbons (Fsp3) is 0.0370. The minimum absolute atomic E-state index is 0.326. The molecule has 0 aliphatic heterocycles. The molecule has 0 amide bonds. The second-order valence-electron chi connectivity index (χ2n) is 14.6. The van der Waals surface area contributed by atoms with Gasteiger partial charge in [0, 0.05) is 22.2 Å². The number of hydrogen-bond acceptors (Lipinski definition) is 1. The van der Waals surface area contributed by atoms with Gasteiger partial charge in [0.2, 0.25) is 0 Å². The Bertz CT molecular complexity index is 2820. The molecule has 1 nitrogen and oxygen atoms in total. The molecule has 0 heterocycles. The summed E-state index contributed by atoms with van der Waals surface area (Å²) < 4.78 is 0. The molecule has 1 aliphatic carbocycles. The van der Waals surface area contributed by atoms with Crippen LogP contribution in [-0.4, -0.2) is 0 Å². The maximum atomic E-state index is 2.50. The topological polar surface area (TPSA) is 3.24 Å². The molecule has 55 heavy (non-hydrogen) atoms. The molecule has 9 aromatic rings. The van der Waals surface area contributed by atoms with Crippen LogP contribution in [0.25, 0.3) is 55.3 Å². The Balaban J connectivity index is 1.26. The second-order valence-corrected chi connectivity index (χ2v) is 14.6. The molecule has 0 N–H and O–H groups in total. The summed E-state index contributed by atoms with van der Waals surface area (Å²) in [4.78, 5) is 2.50. The molecule has 0 bridgehead atoms. The molecule has 1 unspecified atom stereocenters. The van der Waals surface area contributed by atoms with Crippen molar-refractivity contribution in [1.82, 2.24) is 0 Å². The Morgan fingerprint density at radius 3 is 1.53 bits per heavy atom. The molecule has 1 heteroatoms. The van der Waals surface area contributed by atoms with Gasteiger partial charge in [0.15, 0.2) is 0 Å². The molecular formula is C54H39N. The summed E-state index contributed by atoms with van der Waals surface area (Å²) in [5, 5.41) is 2.47. The number of benzene rings is 9. The Kier molecular flexibility index (Phi) is 8.00. The summed E-state index contributed by atoms with van der Waals surface area (Å²) in [6, 6.07) is 79.8. The van der Waals surface area contributed by atoms with Gasteiger partial charge in [-0.3, -0.25) is 0 Å². The number of fused-ring (bicyclic) bond motifs is 4. The van der Waals surface area contributed by atoms with Crippen molar-refractivity contribution in [2.75, 3.05) is 4.90 Å². The summed E-state index contributed by atoms with van der Waals surface area (Å²) in [6.07, 6.45) is 0. The highest BCUT2D eigenvalue weighted by Gasteiger charge is 2.41. The van der Waals surface area contributed by atoms with Crippen LogP contribution in [0.4, 0.5) is 17.1 Å². The minimum atomic E-state index is -0.326. The number of hydrogen-bond donors (Lipinski definition) is 0. The summed E-state index contributed by atoms with van der Waals surface area (Å²) in [7, 11) is 0. The van der Waals surface area contributed by atoms with E-state index >= 15 is 0 Å². The Morgan fingerprint density at radius 2 is 0.836 bits per heavy atom. The lowest BCUT2D eigenvalue weighted by molar-refractivity contribution is 0.714. The number of nitrogens with zero attached hydrogens (tertiary/aromatic N) is 1. The Hall–Kier alpha value is -6.96. The Labute approximate surface area is 323 Å². The van der Waals surface area contributed by atoms with Crippen molar-refractivity contribution in [3.8, 4) is 44.5 Å². The number of para-hydroxylation sites is 2. The molecule has 9 aromatic carbocycles. The van der Waals surface area contributed by atoms with Gasteiger partial charge in [0.05, 0.1) is 11.4 Å². The monoisotopic (exact) mass is 701 g/mol. The fourth-order valence-corrected chi connectivity index (χ4v) is 8.96. The number of rotatable bonds is 7. The normalized spacial score (nSPS) is 14.3. The van der Waals surface area contributed by atoms with Crippen LogP contribution in [0, 0.1) is 0 Å². The highest BCUT2D eigenvalue weighted by Crippen LogP contribution is 2.55. The van der Waals surface area contributed by atoms with Crippen molar-refractivity contribution in [2.45, 2.75) is 12.3 Å². The van der Waals surface area contributed by atoms with E-state index in [0.29, 0.717) is 0 Å². The summed E-state index contributed by atoms with van der Waals surface area (Å²) in [5.41, 5.74) is 16.8. The van der Waals surface area contributed by atoms with Gasteiger partial charge in [-0.25, -0.2) is 0 Å². The van der Waals surface area contributed by atoms with E-state index in [1.165, 1.54) is 72.0 Å². The first-order chi connectivity index (χ1) is 27.2. The van der Waals surface area contributed by atoms with Gasteiger partial charge in [-0.05, 0) is 92.0 Å². The predicted octanol–water partition coefficient (Wildman–Crippen LogP) is 14.6. The van der Waals surface area contributed by atoms with E-state index in [9.17, 15) is 0 Å². The quantitative estimate of drug-likeness (QED) is 0.160. The van der Waals surface area contributed by atoms with Gasteiger partial charge in [0.25, 0.3) is 0 Å². The largest absolute Gasteiger partial charge is 0.309 e. The lowest BCUT2D eigenvalue weighted by Gasteiger charge is -2.32. The highest BCUT2D eigenvalue weighted by molar-refractivity contribution is 6.09. The third-order valence-corrected chi connectivity index (χ3v) is 11.6. The highest BCUT2D eigenvalue weighted by atomic mass is 15.1. The maximum absolute atomic E-state index is 2.50. The SMILES string of the molecule is CC1(c2ccccc2)c2ccccc2-c2ccc(N(c3ccccc3-c3ccccc3)c3ccccc3-c3cccc4cccc(-c5ccccc5)c34)cc21. The van der Waals surface area contributed by atoms with E-state index in [2.05, 4.69) is 230 Å². The molecular weight excluding hydrogens is 663 g/mol. The standard InChI is InChI=1S/C54H39N/c1-54(41-25-9-4-10-26-41)49-32-14-11-28-45(49)46-36-35-42(37-50(46)54)55(51-33-15-12-27-43(51)38-19-5-2-6-20-38)52-34-16-13-29-47(52)48-31-18-24-40-23-17-30-44(53(40)48)39-21-7-3-8-22-39/h2-37H,1H3. The average molecular weight is 702 g/mol. The lowest BCUT2D eigenvalue weighted by Crippen LogP contribution is -2.23. The lowest BCUT2D eigenvalue weighted by atomic mass is 9.74. The van der Waals surface area contributed by atoms with Gasteiger partial charge < -0.3 is 4.90 Å². The van der Waals surface area contributed by atoms with E-state index in [-0.39, 0.29) is 5.41 Å². The predicted molar refractivity (Wildman–Crippen MR) is 232 cm³/mol. The van der Waals surface area contributed by atoms with Crippen molar-refractivity contribution in [2.24, 2.45) is 0 Å². The van der Waals surface area contributed by atoms with Crippen LogP contribution in [0.5, 0.6) is 0 Å². The molecule has 0 saturated heterocycles. The molecule has 0 aromatic heterocycles. The van der Waals surface area contributed by atoms with Gasteiger partial charge >= 0.3 is 0 Å². The second kappa shape index (κ2) is 13.5.